The van der Waals surface area contributed by atoms with E-state index >= 15 is 0 Å². The molecule has 1 aromatic carbocycles. The molecular formula is C16H20N2O2S2. The summed E-state index contributed by atoms with van der Waals surface area (Å²) >= 11 is 3.26. The van der Waals surface area contributed by atoms with Crippen LogP contribution in [0.5, 0.6) is 0 Å². The molecule has 2 heterocycles. The predicted octanol–water partition coefficient (Wildman–Crippen LogP) is 2.48. The molecule has 3 rings (SSSR count). The number of fused-ring (bicyclic) bond motifs is 1. The Balaban J connectivity index is 1.96. The van der Waals surface area contributed by atoms with Crippen molar-refractivity contribution in [3.63, 3.8) is 0 Å². The Morgan fingerprint density at radius 1 is 1.27 bits per heavy atom. The summed E-state index contributed by atoms with van der Waals surface area (Å²) in [5.41, 5.74) is 0.916. The summed E-state index contributed by atoms with van der Waals surface area (Å²) in [6.07, 6.45) is 0. The Labute approximate surface area is 139 Å². The zero-order valence-corrected chi connectivity index (χ0v) is 14.5. The zero-order chi connectivity index (χ0) is 15.7. The molecule has 0 aromatic heterocycles. The molecule has 4 nitrogen and oxygen atoms in total. The van der Waals surface area contributed by atoms with Crippen molar-refractivity contribution < 1.29 is 9.59 Å². The first-order valence-electron chi connectivity index (χ1n) is 7.55. The molecule has 0 N–H and O–H groups in total. The minimum atomic E-state index is -1.05. The highest BCUT2D eigenvalue weighted by atomic mass is 32.2. The number of nitrogens with zero attached hydrogens (tertiary/aromatic N) is 2. The first-order valence-corrected chi connectivity index (χ1v) is 9.52. The quantitative estimate of drug-likeness (QED) is 0.778. The largest absolute Gasteiger partial charge is 0.339 e. The van der Waals surface area contributed by atoms with Gasteiger partial charge in [0.2, 0.25) is 5.91 Å². The molecule has 22 heavy (non-hydrogen) atoms. The molecule has 0 saturated carbocycles. The summed E-state index contributed by atoms with van der Waals surface area (Å²) in [5.74, 6) is 1.77. The van der Waals surface area contributed by atoms with E-state index in [1.54, 1.807) is 11.8 Å². The van der Waals surface area contributed by atoms with Crippen LogP contribution in [0.1, 0.15) is 13.8 Å². The lowest BCUT2D eigenvalue weighted by molar-refractivity contribution is -0.138. The third kappa shape index (κ3) is 2.52. The average molecular weight is 336 g/mol. The van der Waals surface area contributed by atoms with Gasteiger partial charge in [-0.3, -0.25) is 9.59 Å². The lowest BCUT2D eigenvalue weighted by Crippen LogP contribution is -2.58. The van der Waals surface area contributed by atoms with Crippen molar-refractivity contribution in [3.05, 3.63) is 24.3 Å². The van der Waals surface area contributed by atoms with Gasteiger partial charge in [0.15, 0.2) is 4.75 Å². The topological polar surface area (TPSA) is 40.6 Å². The van der Waals surface area contributed by atoms with Crippen LogP contribution in [0.15, 0.2) is 29.2 Å². The number of amides is 2. The highest BCUT2D eigenvalue weighted by Gasteiger charge is 2.50. The molecule has 6 heteroatoms. The normalized spacial score (nSPS) is 25.1. The third-order valence-electron chi connectivity index (χ3n) is 4.15. The average Bonchev–Trinajstić information content (AvgIpc) is 2.56. The number of para-hydroxylation sites is 1. The van der Waals surface area contributed by atoms with Crippen LogP contribution >= 0.6 is 23.5 Å². The molecule has 1 aromatic rings. The van der Waals surface area contributed by atoms with E-state index in [1.165, 1.54) is 11.8 Å². The first-order chi connectivity index (χ1) is 10.6. The number of carbonyl (C=O) groups is 2. The fourth-order valence-electron chi connectivity index (χ4n) is 2.91. The van der Waals surface area contributed by atoms with Gasteiger partial charge in [0.25, 0.3) is 5.91 Å². The van der Waals surface area contributed by atoms with Gasteiger partial charge in [-0.1, -0.05) is 23.9 Å². The van der Waals surface area contributed by atoms with E-state index in [4.69, 9.17) is 0 Å². The van der Waals surface area contributed by atoms with Gasteiger partial charge in [-0.05, 0) is 26.0 Å². The summed E-state index contributed by atoms with van der Waals surface area (Å²) in [4.78, 5) is 30.6. The van der Waals surface area contributed by atoms with Gasteiger partial charge in [-0.15, -0.1) is 0 Å². The molecule has 0 radical (unpaired) electrons. The number of hydrogen-bond donors (Lipinski definition) is 0. The second-order valence-corrected chi connectivity index (χ2v) is 8.24. The van der Waals surface area contributed by atoms with E-state index in [1.807, 2.05) is 47.9 Å². The molecule has 118 valence electrons. The Hall–Kier alpha value is -1.14. The van der Waals surface area contributed by atoms with Gasteiger partial charge in [0, 0.05) is 36.0 Å². The number of benzene rings is 1. The molecule has 2 aliphatic heterocycles. The number of thioether (sulfide) groups is 2. The highest BCUT2D eigenvalue weighted by molar-refractivity contribution is 8.02. The predicted molar refractivity (Wildman–Crippen MR) is 92.6 cm³/mol. The molecule has 0 spiro atoms. The fourth-order valence-corrected chi connectivity index (χ4v) is 5.10. The van der Waals surface area contributed by atoms with Gasteiger partial charge < -0.3 is 9.80 Å². The van der Waals surface area contributed by atoms with Gasteiger partial charge >= 0.3 is 0 Å². The minimum absolute atomic E-state index is 0.0456. The van der Waals surface area contributed by atoms with E-state index in [-0.39, 0.29) is 11.8 Å². The number of anilines is 1. The van der Waals surface area contributed by atoms with E-state index in [9.17, 15) is 9.59 Å². The number of carbonyl (C=O) groups excluding carboxylic acids is 2. The second kappa shape index (κ2) is 6.16. The smallest absolute Gasteiger partial charge is 0.252 e. The summed E-state index contributed by atoms with van der Waals surface area (Å²) in [7, 11) is 0. The summed E-state index contributed by atoms with van der Waals surface area (Å²) in [6.45, 7) is 5.78. The van der Waals surface area contributed by atoms with Crippen LogP contribution in [-0.4, -0.2) is 52.6 Å². The molecule has 1 fully saturated rings. The van der Waals surface area contributed by atoms with E-state index in [2.05, 4.69) is 0 Å². The van der Waals surface area contributed by atoms with Gasteiger partial charge in [-0.25, -0.2) is 0 Å². The van der Waals surface area contributed by atoms with E-state index < -0.39 is 4.75 Å². The molecule has 1 unspecified atom stereocenters. The van der Waals surface area contributed by atoms with Crippen molar-refractivity contribution in [1.29, 1.82) is 0 Å². The summed E-state index contributed by atoms with van der Waals surface area (Å²) in [6, 6.07) is 7.83. The summed E-state index contributed by atoms with van der Waals surface area (Å²) < 4.78 is -1.05. The molecule has 0 bridgehead atoms. The number of hydrogen-bond acceptors (Lipinski definition) is 4. The lowest BCUT2D eigenvalue weighted by Gasteiger charge is -2.41. The van der Waals surface area contributed by atoms with E-state index in [0.717, 1.165) is 35.2 Å². The Kier molecular flexibility index (Phi) is 4.41. The maximum absolute atomic E-state index is 13.0. The van der Waals surface area contributed by atoms with Crippen molar-refractivity contribution in [1.82, 2.24) is 4.90 Å². The van der Waals surface area contributed by atoms with Crippen molar-refractivity contribution >= 4 is 41.0 Å². The Morgan fingerprint density at radius 3 is 2.64 bits per heavy atom. The van der Waals surface area contributed by atoms with Crippen molar-refractivity contribution in [3.8, 4) is 0 Å². The lowest BCUT2D eigenvalue weighted by atomic mass is 10.1. The molecule has 1 atom stereocenters. The molecular weight excluding hydrogens is 316 g/mol. The van der Waals surface area contributed by atoms with Crippen LogP contribution in [0.3, 0.4) is 0 Å². The van der Waals surface area contributed by atoms with Crippen molar-refractivity contribution in [2.45, 2.75) is 23.5 Å². The molecule has 1 saturated heterocycles. The zero-order valence-electron chi connectivity index (χ0n) is 12.9. The standard InChI is InChI=1S/C16H20N2O2S2/c1-3-18-12-6-4-5-7-13(12)22-16(2,15(18)20)14(19)17-8-10-21-11-9-17/h4-7H,3,8-11H2,1-2H3. The maximum Gasteiger partial charge on any atom is 0.252 e. The minimum Gasteiger partial charge on any atom is -0.339 e. The van der Waals surface area contributed by atoms with Crippen molar-refractivity contribution in [2.24, 2.45) is 0 Å². The van der Waals surface area contributed by atoms with Crippen LogP contribution in [0.25, 0.3) is 0 Å². The molecule has 2 amide bonds. The maximum atomic E-state index is 13.0. The van der Waals surface area contributed by atoms with E-state index in [0.29, 0.717) is 6.54 Å². The molecule has 2 aliphatic rings. The fraction of sp³-hybridized carbons (Fsp3) is 0.500. The molecule has 0 aliphatic carbocycles. The van der Waals surface area contributed by atoms with Crippen LogP contribution < -0.4 is 4.90 Å². The number of rotatable bonds is 2. The van der Waals surface area contributed by atoms with Crippen LogP contribution in [0, 0.1) is 0 Å². The highest BCUT2D eigenvalue weighted by Crippen LogP contribution is 2.46. The van der Waals surface area contributed by atoms with Crippen LogP contribution in [0.4, 0.5) is 5.69 Å². The van der Waals surface area contributed by atoms with Gasteiger partial charge in [0.1, 0.15) is 0 Å². The Morgan fingerprint density at radius 2 is 1.95 bits per heavy atom. The Bertz CT molecular complexity index is 602. The van der Waals surface area contributed by atoms with Gasteiger partial charge in [-0.2, -0.15) is 11.8 Å². The summed E-state index contributed by atoms with van der Waals surface area (Å²) in [5, 5.41) is 0. The SMILES string of the molecule is CCN1C(=O)C(C)(C(=O)N2CCSCC2)Sc2ccccc21. The van der Waals surface area contributed by atoms with Crippen LogP contribution in [-0.2, 0) is 9.59 Å². The van der Waals surface area contributed by atoms with Crippen molar-refractivity contribution in [2.75, 3.05) is 36.0 Å². The van der Waals surface area contributed by atoms with Crippen LogP contribution in [0.2, 0.25) is 0 Å². The third-order valence-corrected chi connectivity index (χ3v) is 6.41. The van der Waals surface area contributed by atoms with Gasteiger partial charge in [0.05, 0.1) is 5.69 Å². The monoisotopic (exact) mass is 336 g/mol. The first kappa shape index (κ1) is 15.7. The second-order valence-electron chi connectivity index (χ2n) is 5.56.